The molecule has 0 aliphatic heterocycles. The van der Waals surface area contributed by atoms with Crippen LogP contribution in [0.25, 0.3) is 0 Å². The molecule has 0 spiro atoms. The lowest BCUT2D eigenvalue weighted by atomic mass is 9.92. The smallest absolute Gasteiger partial charge is 0.306 e. The molecule has 2 unspecified atom stereocenters. The zero-order chi connectivity index (χ0) is 39.2. The number of carbonyl (C=O) groups is 3. The molecular formula is C46H86N2O5. The molecule has 0 rings (SSSR count). The Bertz CT molecular complexity index is 866. The van der Waals surface area contributed by atoms with Gasteiger partial charge in [-0.05, 0) is 89.6 Å². The lowest BCUT2D eigenvalue weighted by molar-refractivity contribution is -0.143. The van der Waals surface area contributed by atoms with E-state index in [1.807, 2.05) is 12.2 Å². The maximum Gasteiger partial charge on any atom is 0.306 e. The highest BCUT2D eigenvalue weighted by atomic mass is 16.5. The van der Waals surface area contributed by atoms with Crippen molar-refractivity contribution in [3.05, 3.63) is 24.3 Å². The summed E-state index contributed by atoms with van der Waals surface area (Å²) in [6.07, 6.45) is 36.1. The highest BCUT2D eigenvalue weighted by molar-refractivity contribution is 5.76. The van der Waals surface area contributed by atoms with Crippen LogP contribution in [0.1, 0.15) is 195 Å². The fourth-order valence-electron chi connectivity index (χ4n) is 7.10. The largest absolute Gasteiger partial charge is 0.461 e. The Labute approximate surface area is 328 Å². The van der Waals surface area contributed by atoms with Crippen molar-refractivity contribution in [3.8, 4) is 0 Å². The summed E-state index contributed by atoms with van der Waals surface area (Å²) in [5.74, 6) is 1.46. The molecule has 0 fully saturated rings. The number of carbonyl (C=O) groups excluding carboxylic acids is 3. The van der Waals surface area contributed by atoms with Gasteiger partial charge in [0.1, 0.15) is 13.2 Å². The molecule has 1 amide bonds. The zero-order valence-electron chi connectivity index (χ0n) is 35.7. The molecule has 0 aromatic rings. The molecule has 0 radical (unpaired) electrons. The lowest BCUT2D eigenvalue weighted by Gasteiger charge is -2.21. The molecule has 1 N–H and O–H groups in total. The third-order valence-electron chi connectivity index (χ3n) is 10.1. The molecule has 0 aliphatic rings. The van der Waals surface area contributed by atoms with Crippen LogP contribution in [0, 0.1) is 17.8 Å². The van der Waals surface area contributed by atoms with Gasteiger partial charge in [0.15, 0.2) is 0 Å². The predicted molar refractivity (Wildman–Crippen MR) is 225 cm³/mol. The number of nitrogens with zero attached hydrogens (tertiary/aromatic N) is 1. The van der Waals surface area contributed by atoms with E-state index >= 15 is 0 Å². The molecule has 2 atom stereocenters. The van der Waals surface area contributed by atoms with Crippen molar-refractivity contribution < 1.29 is 23.9 Å². The van der Waals surface area contributed by atoms with Crippen molar-refractivity contribution in [2.24, 2.45) is 17.8 Å². The van der Waals surface area contributed by atoms with Crippen LogP contribution >= 0.6 is 0 Å². The van der Waals surface area contributed by atoms with Crippen molar-refractivity contribution in [2.75, 3.05) is 40.4 Å². The normalized spacial score (nSPS) is 13.0. The molecule has 310 valence electrons. The molecule has 0 saturated carbocycles. The molecular weight excluding hydrogens is 661 g/mol. The van der Waals surface area contributed by atoms with E-state index < -0.39 is 0 Å². The summed E-state index contributed by atoms with van der Waals surface area (Å²) in [5, 5.41) is 3.28. The highest BCUT2D eigenvalue weighted by Crippen LogP contribution is 2.20. The summed E-state index contributed by atoms with van der Waals surface area (Å²) in [5.41, 5.74) is 0. The van der Waals surface area contributed by atoms with Crippen molar-refractivity contribution in [1.82, 2.24) is 10.2 Å². The molecule has 7 nitrogen and oxygen atoms in total. The minimum absolute atomic E-state index is 0.0888. The topological polar surface area (TPSA) is 84.9 Å². The van der Waals surface area contributed by atoms with Crippen LogP contribution in [0.4, 0.5) is 0 Å². The van der Waals surface area contributed by atoms with Crippen molar-refractivity contribution in [2.45, 2.75) is 195 Å². The summed E-state index contributed by atoms with van der Waals surface area (Å²) in [6, 6.07) is 0. The second-order valence-corrected chi connectivity index (χ2v) is 16.2. The quantitative estimate of drug-likeness (QED) is 0.0385. The van der Waals surface area contributed by atoms with Gasteiger partial charge < -0.3 is 19.7 Å². The predicted octanol–water partition coefficient (Wildman–Crippen LogP) is 11.9. The van der Waals surface area contributed by atoms with E-state index in [-0.39, 0.29) is 17.8 Å². The van der Waals surface area contributed by atoms with Gasteiger partial charge in [-0.1, -0.05) is 142 Å². The number of rotatable bonds is 38. The van der Waals surface area contributed by atoms with E-state index in [4.69, 9.17) is 9.47 Å². The van der Waals surface area contributed by atoms with Gasteiger partial charge in [0.05, 0.1) is 0 Å². The first kappa shape index (κ1) is 50.9. The Hall–Kier alpha value is -2.15. The van der Waals surface area contributed by atoms with E-state index in [1.165, 1.54) is 51.4 Å². The summed E-state index contributed by atoms with van der Waals surface area (Å²) in [4.78, 5) is 39.2. The Balaban J connectivity index is 4.38. The van der Waals surface area contributed by atoms with Crippen LogP contribution in [-0.2, 0) is 23.9 Å². The fraction of sp³-hybridized carbons (Fsp3) is 0.848. The molecule has 0 aromatic carbocycles. The standard InChI is InChI=1S/C46H86N2O5/c1-7-9-11-13-15-23-29-35-52-45(50)33-27-21-17-19-25-31-43(39-47-44(49)38-41(3)37-42(4)40-48(5)6)32-26-20-18-22-28-34-46(51)53-36-30-24-16-14-12-10-8-2/h23-24,29-30,41-43H,7-22,25-28,31-40H2,1-6H3,(H,47,49)/b29-23-,30-24-. The molecule has 0 aliphatic carbocycles. The van der Waals surface area contributed by atoms with Crippen LogP contribution in [0.15, 0.2) is 24.3 Å². The summed E-state index contributed by atoms with van der Waals surface area (Å²) in [7, 11) is 4.21. The number of esters is 2. The van der Waals surface area contributed by atoms with Gasteiger partial charge in [-0.3, -0.25) is 14.4 Å². The summed E-state index contributed by atoms with van der Waals surface area (Å²) < 4.78 is 10.7. The maximum atomic E-state index is 12.9. The van der Waals surface area contributed by atoms with Crippen LogP contribution in [0.3, 0.4) is 0 Å². The average Bonchev–Trinajstić information content (AvgIpc) is 3.11. The fourth-order valence-corrected chi connectivity index (χ4v) is 7.10. The highest BCUT2D eigenvalue weighted by Gasteiger charge is 2.16. The number of hydrogen-bond acceptors (Lipinski definition) is 6. The first-order valence-corrected chi connectivity index (χ1v) is 22.2. The van der Waals surface area contributed by atoms with E-state index in [9.17, 15) is 14.4 Å². The zero-order valence-corrected chi connectivity index (χ0v) is 35.7. The average molecular weight is 747 g/mol. The monoisotopic (exact) mass is 747 g/mol. The van der Waals surface area contributed by atoms with Crippen LogP contribution in [0.2, 0.25) is 0 Å². The number of ether oxygens (including phenoxy) is 2. The maximum absolute atomic E-state index is 12.9. The van der Waals surface area contributed by atoms with Gasteiger partial charge in [-0.25, -0.2) is 0 Å². The van der Waals surface area contributed by atoms with Crippen molar-refractivity contribution in [1.29, 1.82) is 0 Å². The number of hydrogen-bond donors (Lipinski definition) is 1. The second kappa shape index (κ2) is 38.1. The molecule has 0 heterocycles. The summed E-state index contributed by atoms with van der Waals surface area (Å²) in [6.45, 7) is 11.5. The minimum Gasteiger partial charge on any atom is -0.461 e. The number of amides is 1. The van der Waals surface area contributed by atoms with Gasteiger partial charge in [0, 0.05) is 32.4 Å². The SMILES string of the molecule is CCCCCC/C=C\COC(=O)CCCCCCCC(CCCCCCCC(=O)OC/C=C\CCCCCC)CNC(=O)CC(C)CC(C)CN(C)C. The first-order chi connectivity index (χ1) is 25.7. The van der Waals surface area contributed by atoms with Gasteiger partial charge >= 0.3 is 11.9 Å². The van der Waals surface area contributed by atoms with E-state index in [1.54, 1.807) is 0 Å². The number of nitrogens with one attached hydrogen (secondary N) is 1. The van der Waals surface area contributed by atoms with Gasteiger partial charge in [0.25, 0.3) is 0 Å². The Morgan fingerprint density at radius 3 is 1.51 bits per heavy atom. The van der Waals surface area contributed by atoms with Crippen molar-refractivity contribution >= 4 is 17.8 Å². The lowest BCUT2D eigenvalue weighted by Crippen LogP contribution is -2.31. The molecule has 0 aromatic heterocycles. The summed E-state index contributed by atoms with van der Waals surface area (Å²) >= 11 is 0. The van der Waals surface area contributed by atoms with Crippen LogP contribution < -0.4 is 5.32 Å². The number of unbranched alkanes of at least 4 members (excludes halogenated alkanes) is 16. The van der Waals surface area contributed by atoms with Crippen LogP contribution in [-0.4, -0.2) is 63.1 Å². The third-order valence-corrected chi connectivity index (χ3v) is 10.1. The van der Waals surface area contributed by atoms with Gasteiger partial charge in [-0.2, -0.15) is 0 Å². The number of allylic oxidation sites excluding steroid dienone is 2. The minimum atomic E-state index is -0.0888. The van der Waals surface area contributed by atoms with Crippen LogP contribution in [0.5, 0.6) is 0 Å². The Morgan fingerprint density at radius 2 is 1.04 bits per heavy atom. The van der Waals surface area contributed by atoms with Gasteiger partial charge in [0.2, 0.25) is 5.91 Å². The first-order valence-electron chi connectivity index (χ1n) is 22.2. The van der Waals surface area contributed by atoms with E-state index in [0.29, 0.717) is 50.2 Å². The third kappa shape index (κ3) is 37.9. The Kier molecular flexibility index (Phi) is 36.6. The molecule has 0 saturated heterocycles. The van der Waals surface area contributed by atoms with Crippen molar-refractivity contribution in [3.63, 3.8) is 0 Å². The molecule has 7 heteroatoms. The van der Waals surface area contributed by atoms with E-state index in [2.05, 4.69) is 64.2 Å². The Morgan fingerprint density at radius 1 is 0.585 bits per heavy atom. The molecule has 53 heavy (non-hydrogen) atoms. The second-order valence-electron chi connectivity index (χ2n) is 16.2. The molecule has 0 bridgehead atoms. The van der Waals surface area contributed by atoms with Gasteiger partial charge in [-0.15, -0.1) is 0 Å². The van der Waals surface area contributed by atoms with E-state index in [0.717, 1.165) is 109 Å².